The van der Waals surface area contributed by atoms with Gasteiger partial charge in [0.25, 0.3) is 0 Å². The van der Waals surface area contributed by atoms with Gasteiger partial charge in [-0.05, 0) is 38.5 Å². The summed E-state index contributed by atoms with van der Waals surface area (Å²) in [6, 6.07) is 5.98. The molecule has 0 saturated carbocycles. The van der Waals surface area contributed by atoms with Gasteiger partial charge in [0.1, 0.15) is 11.1 Å². The van der Waals surface area contributed by atoms with Crippen molar-refractivity contribution in [3.05, 3.63) is 35.6 Å². The molecule has 6 nitrogen and oxygen atoms in total. The molecule has 0 bridgehead atoms. The normalized spacial score (nSPS) is 18.5. The molecule has 26 heavy (non-hydrogen) atoms. The van der Waals surface area contributed by atoms with Gasteiger partial charge < -0.3 is 10.1 Å². The Morgan fingerprint density at radius 1 is 1.19 bits per heavy atom. The molecule has 1 amide bonds. The predicted octanol–water partition coefficient (Wildman–Crippen LogP) is 1.53. The number of nitrogens with one attached hydrogen (secondary N) is 1. The van der Waals surface area contributed by atoms with Crippen molar-refractivity contribution in [3.63, 3.8) is 0 Å². The van der Waals surface area contributed by atoms with E-state index < -0.39 is 26.2 Å². The van der Waals surface area contributed by atoms with Crippen molar-refractivity contribution in [2.75, 3.05) is 32.8 Å². The molecule has 1 aromatic rings. The Morgan fingerprint density at radius 2 is 1.77 bits per heavy atom. The molecule has 0 spiro atoms. The van der Waals surface area contributed by atoms with Crippen molar-refractivity contribution >= 4 is 15.7 Å². The quantitative estimate of drug-likeness (QED) is 0.769. The fourth-order valence-electron chi connectivity index (χ4n) is 2.93. The van der Waals surface area contributed by atoms with Crippen LogP contribution in [-0.2, 0) is 19.4 Å². The van der Waals surface area contributed by atoms with Gasteiger partial charge in [-0.25, -0.2) is 12.8 Å². The standard InChI is InChI=1S/C18H27FN2O4S/c1-13(2)26(23,24)14(3)18(22)20-12-17(21-8-10-25-11-9-21)15-4-6-16(19)7-5-15/h4-7,13-14,17H,8-12H2,1-3H3,(H,20,22). The van der Waals surface area contributed by atoms with Gasteiger partial charge in [0.15, 0.2) is 9.84 Å². The Bertz CT molecular complexity index is 700. The van der Waals surface area contributed by atoms with Crippen molar-refractivity contribution in [2.45, 2.75) is 37.3 Å². The summed E-state index contributed by atoms with van der Waals surface area (Å²) in [4.78, 5) is 14.5. The van der Waals surface area contributed by atoms with Crippen molar-refractivity contribution in [3.8, 4) is 0 Å². The summed E-state index contributed by atoms with van der Waals surface area (Å²) < 4.78 is 43.0. The molecule has 1 fully saturated rings. The van der Waals surface area contributed by atoms with Crippen LogP contribution in [0.25, 0.3) is 0 Å². The van der Waals surface area contributed by atoms with Crippen LogP contribution >= 0.6 is 0 Å². The van der Waals surface area contributed by atoms with E-state index >= 15 is 0 Å². The monoisotopic (exact) mass is 386 g/mol. The number of rotatable bonds is 7. The second-order valence-electron chi connectivity index (χ2n) is 6.74. The Hall–Kier alpha value is -1.51. The topological polar surface area (TPSA) is 75.7 Å². The molecule has 2 atom stereocenters. The summed E-state index contributed by atoms with van der Waals surface area (Å²) in [5.74, 6) is -0.839. The molecule has 2 rings (SSSR count). The molecule has 1 aliphatic rings. The van der Waals surface area contributed by atoms with Crippen LogP contribution in [0.15, 0.2) is 24.3 Å². The van der Waals surface area contributed by atoms with Gasteiger partial charge in [0.05, 0.1) is 24.5 Å². The number of sulfone groups is 1. The Balaban J connectivity index is 2.11. The number of carbonyl (C=O) groups excluding carboxylic acids is 1. The first-order valence-electron chi connectivity index (χ1n) is 8.81. The van der Waals surface area contributed by atoms with E-state index in [1.165, 1.54) is 19.1 Å². The Labute approximate surface area is 154 Å². The average Bonchev–Trinajstić information content (AvgIpc) is 2.63. The van der Waals surface area contributed by atoms with Crippen molar-refractivity contribution in [1.82, 2.24) is 10.2 Å². The van der Waals surface area contributed by atoms with Gasteiger partial charge in [0.2, 0.25) is 5.91 Å². The summed E-state index contributed by atoms with van der Waals surface area (Å²) in [5.41, 5.74) is 0.868. The molecular weight excluding hydrogens is 359 g/mol. The lowest BCUT2D eigenvalue weighted by atomic mass is 10.0. The molecule has 1 heterocycles. The summed E-state index contributed by atoms with van der Waals surface area (Å²) in [7, 11) is -3.51. The molecule has 8 heteroatoms. The van der Waals surface area contributed by atoms with Crippen LogP contribution in [-0.4, -0.2) is 62.6 Å². The number of amides is 1. The van der Waals surface area contributed by atoms with Crippen LogP contribution in [0, 0.1) is 5.82 Å². The van der Waals surface area contributed by atoms with Crippen LogP contribution < -0.4 is 5.32 Å². The van der Waals surface area contributed by atoms with E-state index in [1.807, 2.05) is 0 Å². The minimum atomic E-state index is -3.51. The van der Waals surface area contributed by atoms with Gasteiger partial charge in [-0.15, -0.1) is 0 Å². The second kappa shape index (κ2) is 8.92. The molecule has 0 radical (unpaired) electrons. The molecule has 1 saturated heterocycles. The fraction of sp³-hybridized carbons (Fsp3) is 0.611. The van der Waals surface area contributed by atoms with E-state index in [-0.39, 0.29) is 18.4 Å². The van der Waals surface area contributed by atoms with Gasteiger partial charge >= 0.3 is 0 Å². The third kappa shape index (κ3) is 5.02. The summed E-state index contributed by atoms with van der Waals surface area (Å²) in [6.07, 6.45) is 0. The summed E-state index contributed by atoms with van der Waals surface area (Å²) in [6.45, 7) is 7.35. The number of ether oxygens (including phenoxy) is 1. The second-order valence-corrected chi connectivity index (χ2v) is 9.57. The molecule has 1 aliphatic heterocycles. The molecule has 0 aliphatic carbocycles. The van der Waals surface area contributed by atoms with Gasteiger partial charge in [-0.2, -0.15) is 0 Å². The van der Waals surface area contributed by atoms with Crippen molar-refractivity contribution in [1.29, 1.82) is 0 Å². The highest BCUT2D eigenvalue weighted by molar-refractivity contribution is 7.93. The molecule has 1 aromatic carbocycles. The lowest BCUT2D eigenvalue weighted by Gasteiger charge is -2.35. The fourth-order valence-corrected chi connectivity index (χ4v) is 4.13. The van der Waals surface area contributed by atoms with E-state index in [4.69, 9.17) is 4.74 Å². The van der Waals surface area contributed by atoms with E-state index in [0.29, 0.717) is 26.3 Å². The van der Waals surface area contributed by atoms with E-state index in [2.05, 4.69) is 10.2 Å². The van der Waals surface area contributed by atoms with E-state index in [1.54, 1.807) is 26.0 Å². The molecule has 2 unspecified atom stereocenters. The van der Waals surface area contributed by atoms with Gasteiger partial charge in [-0.1, -0.05) is 12.1 Å². The smallest absolute Gasteiger partial charge is 0.238 e. The van der Waals surface area contributed by atoms with Crippen LogP contribution in [0.5, 0.6) is 0 Å². The maximum Gasteiger partial charge on any atom is 0.238 e. The zero-order valence-corrected chi connectivity index (χ0v) is 16.3. The first-order chi connectivity index (χ1) is 12.2. The Kier molecular flexibility index (Phi) is 7.14. The van der Waals surface area contributed by atoms with Crippen LogP contribution in [0.3, 0.4) is 0 Å². The molecule has 0 aromatic heterocycles. The largest absolute Gasteiger partial charge is 0.379 e. The Morgan fingerprint density at radius 3 is 2.31 bits per heavy atom. The lowest BCUT2D eigenvalue weighted by molar-refractivity contribution is -0.120. The third-order valence-corrected chi connectivity index (χ3v) is 7.24. The molecule has 1 N–H and O–H groups in total. The maximum atomic E-state index is 13.2. The number of nitrogens with zero attached hydrogens (tertiary/aromatic N) is 1. The third-order valence-electron chi connectivity index (χ3n) is 4.73. The summed E-state index contributed by atoms with van der Waals surface area (Å²) in [5, 5.41) is 1.03. The van der Waals surface area contributed by atoms with Crippen molar-refractivity contribution in [2.24, 2.45) is 0 Å². The maximum absolute atomic E-state index is 13.2. The zero-order chi connectivity index (χ0) is 19.3. The number of halogens is 1. The molecular formula is C18H27FN2O4S. The highest BCUT2D eigenvalue weighted by Crippen LogP contribution is 2.22. The van der Waals surface area contributed by atoms with Gasteiger partial charge in [-0.3, -0.25) is 9.69 Å². The van der Waals surface area contributed by atoms with Crippen LogP contribution in [0.1, 0.15) is 32.4 Å². The van der Waals surface area contributed by atoms with E-state index in [0.717, 1.165) is 5.56 Å². The van der Waals surface area contributed by atoms with Crippen LogP contribution in [0.2, 0.25) is 0 Å². The van der Waals surface area contributed by atoms with Crippen LogP contribution in [0.4, 0.5) is 4.39 Å². The predicted molar refractivity (Wildman–Crippen MR) is 98.1 cm³/mol. The first kappa shape index (κ1) is 20.8. The minimum absolute atomic E-state index is 0.169. The zero-order valence-electron chi connectivity index (χ0n) is 15.4. The highest BCUT2D eigenvalue weighted by Gasteiger charge is 2.31. The molecule has 146 valence electrons. The number of hydrogen-bond donors (Lipinski definition) is 1. The van der Waals surface area contributed by atoms with E-state index in [9.17, 15) is 17.6 Å². The SMILES string of the molecule is CC(C)S(=O)(=O)C(C)C(=O)NCC(c1ccc(F)cc1)N1CCOCC1. The average molecular weight is 386 g/mol. The summed E-state index contributed by atoms with van der Waals surface area (Å²) >= 11 is 0. The van der Waals surface area contributed by atoms with Crippen molar-refractivity contribution < 1.29 is 22.3 Å². The number of benzene rings is 1. The van der Waals surface area contributed by atoms with Gasteiger partial charge in [0, 0.05) is 19.6 Å². The minimum Gasteiger partial charge on any atom is -0.379 e. The number of carbonyl (C=O) groups is 1. The highest BCUT2D eigenvalue weighted by atomic mass is 32.2. The number of hydrogen-bond acceptors (Lipinski definition) is 5. The number of morpholine rings is 1. The lowest BCUT2D eigenvalue weighted by Crippen LogP contribution is -2.47. The first-order valence-corrected chi connectivity index (χ1v) is 10.4.